The SMILES string of the molecule is C[C@@]12CC3=C4[C@H]5C[C@@H]6[C@H]7[C@@H]5[C@H]5[C@H]8[C@H]9[C@@H]([C@H]3[C@@H]1[C@@H]9[C@@](C)([C@H]87)[C@@H]62)[C@]45C. The molecule has 0 radical (unpaired) electrons. The second kappa shape index (κ2) is 2.23. The Kier molecular flexibility index (Phi) is 1.03. The molecule has 0 spiro atoms. The van der Waals surface area contributed by atoms with Gasteiger partial charge in [0.15, 0.2) is 0 Å². The van der Waals surface area contributed by atoms with E-state index in [1.54, 1.807) is 12.8 Å². The maximum atomic E-state index is 2.87. The minimum atomic E-state index is 0.725. The Morgan fingerprint density at radius 1 is 0.826 bits per heavy atom. The standard InChI is InChI=1S/C23H26/c1-21-5-8-11-17-13-12-15-9-6(14(8)22(15,17)2)4-7-10(9)16(12)23(3,20(7)21)19(13)18(11)21/h6-7,9-13,15-20H,4-5H2,1-3H3/t6-,7+,9+,10-,11-,12+,13-,15-,16-,17+,18+,19+,20-,21+,22+,23+/m0/s1. The monoisotopic (exact) mass is 302 g/mol. The van der Waals surface area contributed by atoms with Gasteiger partial charge in [0, 0.05) is 0 Å². The Bertz CT molecular complexity index is 850. The number of rotatable bonds is 0. The van der Waals surface area contributed by atoms with Crippen LogP contribution < -0.4 is 0 Å². The topological polar surface area (TPSA) is 0 Å². The molecule has 0 amide bonds. The lowest BCUT2D eigenvalue weighted by molar-refractivity contribution is 0.0529. The van der Waals surface area contributed by atoms with Gasteiger partial charge in [-0.15, -0.1) is 0 Å². The molecule has 0 heterocycles. The third kappa shape index (κ3) is 0.544. The zero-order chi connectivity index (χ0) is 14.6. The highest BCUT2D eigenvalue weighted by molar-refractivity contribution is 5.57. The van der Waals surface area contributed by atoms with Gasteiger partial charge in [0.1, 0.15) is 0 Å². The molecule has 9 fully saturated rings. The van der Waals surface area contributed by atoms with Gasteiger partial charge >= 0.3 is 0 Å². The summed E-state index contributed by atoms with van der Waals surface area (Å²) in [5, 5.41) is 0. The van der Waals surface area contributed by atoms with Crippen LogP contribution in [0.1, 0.15) is 33.6 Å². The van der Waals surface area contributed by atoms with E-state index in [1.807, 2.05) is 0 Å². The van der Waals surface area contributed by atoms with Gasteiger partial charge in [-0.2, -0.15) is 0 Å². The zero-order valence-electron chi connectivity index (χ0n) is 14.4. The van der Waals surface area contributed by atoms with Crippen molar-refractivity contribution in [1.82, 2.24) is 0 Å². The van der Waals surface area contributed by atoms with E-state index in [9.17, 15) is 0 Å². The lowest BCUT2D eigenvalue weighted by Gasteiger charge is -2.44. The van der Waals surface area contributed by atoms with E-state index in [2.05, 4.69) is 31.9 Å². The maximum Gasteiger partial charge on any atom is -0.00398 e. The lowest BCUT2D eigenvalue weighted by atomic mass is 9.60. The zero-order valence-corrected chi connectivity index (χ0v) is 14.4. The predicted octanol–water partition coefficient (Wildman–Crippen LogP) is 4.23. The molecule has 0 bridgehead atoms. The summed E-state index contributed by atoms with van der Waals surface area (Å²) >= 11 is 0. The van der Waals surface area contributed by atoms with Crippen molar-refractivity contribution < 1.29 is 0 Å². The minimum Gasteiger partial charge on any atom is -0.0659 e. The molecule has 118 valence electrons. The molecule has 23 heavy (non-hydrogen) atoms. The second-order valence-corrected chi connectivity index (χ2v) is 12.7. The van der Waals surface area contributed by atoms with E-state index in [0.29, 0.717) is 0 Å². The summed E-state index contributed by atoms with van der Waals surface area (Å²) in [6.07, 6.45) is 3.23. The quantitative estimate of drug-likeness (QED) is 0.588. The summed E-state index contributed by atoms with van der Waals surface area (Å²) in [4.78, 5) is 0. The first-order valence-electron chi connectivity index (χ1n) is 10.8. The first-order valence-corrected chi connectivity index (χ1v) is 10.8. The highest BCUT2D eigenvalue weighted by Crippen LogP contribution is 3.01. The van der Waals surface area contributed by atoms with Crippen molar-refractivity contribution in [2.45, 2.75) is 33.6 Å². The molecule has 10 aliphatic rings. The van der Waals surface area contributed by atoms with Crippen LogP contribution >= 0.6 is 0 Å². The van der Waals surface area contributed by atoms with Crippen molar-refractivity contribution in [1.29, 1.82) is 0 Å². The first-order chi connectivity index (χ1) is 11.1. The fraction of sp³-hybridized carbons (Fsp3) is 0.913. The average molecular weight is 302 g/mol. The van der Waals surface area contributed by atoms with Crippen molar-refractivity contribution in [2.75, 3.05) is 0 Å². The molecule has 0 aliphatic heterocycles. The number of hydrogen-bond acceptors (Lipinski definition) is 0. The molecule has 0 unspecified atom stereocenters. The summed E-state index contributed by atoms with van der Waals surface area (Å²) in [7, 11) is 0. The average Bonchev–Trinajstić information content (AvgIpc) is 3.21. The molecule has 0 heteroatoms. The molecular formula is C23H26. The highest BCUT2D eigenvalue weighted by Gasteiger charge is 2.97. The van der Waals surface area contributed by atoms with Gasteiger partial charge < -0.3 is 0 Å². The van der Waals surface area contributed by atoms with Crippen LogP contribution in [0.15, 0.2) is 11.1 Å². The molecule has 0 aromatic heterocycles. The Morgan fingerprint density at radius 2 is 1.65 bits per heavy atom. The molecule has 0 saturated heterocycles. The van der Waals surface area contributed by atoms with Crippen molar-refractivity contribution in [3.05, 3.63) is 11.1 Å². The summed E-state index contributed by atoms with van der Waals surface area (Å²) in [5.41, 5.74) is 6.56. The molecule has 0 aromatic rings. The van der Waals surface area contributed by atoms with Crippen LogP contribution in [0.3, 0.4) is 0 Å². The third-order valence-corrected chi connectivity index (χ3v) is 13.7. The smallest absolute Gasteiger partial charge is 0.00398 e. The maximum absolute atomic E-state index is 2.87. The van der Waals surface area contributed by atoms with E-state index in [-0.39, 0.29) is 0 Å². The summed E-state index contributed by atoms with van der Waals surface area (Å²) < 4.78 is 0. The summed E-state index contributed by atoms with van der Waals surface area (Å²) in [6, 6.07) is 0. The van der Waals surface area contributed by atoms with Crippen molar-refractivity contribution in [3.63, 3.8) is 0 Å². The van der Waals surface area contributed by atoms with Crippen LogP contribution in [0.4, 0.5) is 0 Å². The van der Waals surface area contributed by atoms with Crippen LogP contribution in [0.25, 0.3) is 0 Å². The Balaban J connectivity index is 1.54. The van der Waals surface area contributed by atoms with Gasteiger partial charge in [0.05, 0.1) is 0 Å². The molecule has 10 rings (SSSR count). The van der Waals surface area contributed by atoms with Gasteiger partial charge in [-0.3, -0.25) is 0 Å². The van der Waals surface area contributed by atoms with E-state index < -0.39 is 0 Å². The van der Waals surface area contributed by atoms with Gasteiger partial charge in [-0.05, 0) is 106 Å². The van der Waals surface area contributed by atoms with Crippen LogP contribution in [-0.2, 0) is 0 Å². The van der Waals surface area contributed by atoms with E-state index in [4.69, 9.17) is 0 Å². The molecule has 16 atom stereocenters. The van der Waals surface area contributed by atoms with Gasteiger partial charge in [-0.25, -0.2) is 0 Å². The Labute approximate surface area is 138 Å². The Morgan fingerprint density at radius 3 is 2.52 bits per heavy atom. The predicted molar refractivity (Wildman–Crippen MR) is 86.0 cm³/mol. The number of fused-ring (bicyclic) bond motifs is 3. The normalized spacial score (nSPS) is 91.7. The molecule has 0 N–H and O–H groups in total. The molecule has 10 aliphatic carbocycles. The summed E-state index contributed by atoms with van der Waals surface area (Å²) in [6.45, 7) is 8.50. The van der Waals surface area contributed by atoms with Gasteiger partial charge in [0.25, 0.3) is 0 Å². The van der Waals surface area contributed by atoms with Gasteiger partial charge in [-0.1, -0.05) is 31.9 Å². The third-order valence-electron chi connectivity index (χ3n) is 13.7. The summed E-state index contributed by atoms with van der Waals surface area (Å²) in [5.74, 6) is 15.1. The number of hydrogen-bond donors (Lipinski definition) is 0. The van der Waals surface area contributed by atoms with E-state index in [0.717, 1.165) is 45.8 Å². The van der Waals surface area contributed by atoms with E-state index >= 15 is 0 Å². The van der Waals surface area contributed by atoms with Crippen LogP contribution in [-0.4, -0.2) is 0 Å². The Hall–Kier alpha value is -0.260. The fourth-order valence-electron chi connectivity index (χ4n) is 15.2. The van der Waals surface area contributed by atoms with Crippen LogP contribution in [0.2, 0.25) is 0 Å². The van der Waals surface area contributed by atoms with E-state index in [1.165, 1.54) is 47.3 Å². The molecular weight excluding hydrogens is 276 g/mol. The highest BCUT2D eigenvalue weighted by atomic mass is 15.0. The molecule has 0 nitrogen and oxygen atoms in total. The largest absolute Gasteiger partial charge is 0.0659 e. The lowest BCUT2D eigenvalue weighted by Crippen LogP contribution is -2.39. The first kappa shape index (κ1) is 10.7. The number of allylic oxidation sites excluding steroid dienone is 2. The second-order valence-electron chi connectivity index (χ2n) is 12.7. The fourth-order valence-corrected chi connectivity index (χ4v) is 15.2. The van der Waals surface area contributed by atoms with Crippen molar-refractivity contribution in [3.8, 4) is 0 Å². The van der Waals surface area contributed by atoms with Gasteiger partial charge in [0.2, 0.25) is 0 Å². The minimum absolute atomic E-state index is 0.725. The van der Waals surface area contributed by atoms with Crippen molar-refractivity contribution in [2.24, 2.45) is 93.2 Å². The van der Waals surface area contributed by atoms with Crippen LogP contribution in [0.5, 0.6) is 0 Å². The molecule has 9 saturated carbocycles. The molecule has 0 aromatic carbocycles. The van der Waals surface area contributed by atoms with Crippen molar-refractivity contribution >= 4 is 0 Å². The van der Waals surface area contributed by atoms with Crippen LogP contribution in [0, 0.1) is 93.2 Å².